The molecule has 0 aliphatic carbocycles. The van der Waals surface area contributed by atoms with Crippen molar-refractivity contribution in [1.29, 1.82) is 0 Å². The number of hydrogen-bond acceptors (Lipinski definition) is 3. The summed E-state index contributed by atoms with van der Waals surface area (Å²) < 4.78 is 5.46. The molecule has 0 unspecified atom stereocenters. The van der Waals surface area contributed by atoms with Crippen molar-refractivity contribution in [3.63, 3.8) is 0 Å². The van der Waals surface area contributed by atoms with Gasteiger partial charge in [0, 0.05) is 12.5 Å². The van der Waals surface area contributed by atoms with E-state index in [1.807, 2.05) is 25.1 Å². The van der Waals surface area contributed by atoms with Gasteiger partial charge in [-0.25, -0.2) is 9.97 Å². The Kier molecular flexibility index (Phi) is 1.97. The number of rotatable bonds is 1. The maximum atomic E-state index is 5.73. The lowest BCUT2D eigenvalue weighted by Crippen LogP contribution is -1.77. The summed E-state index contributed by atoms with van der Waals surface area (Å²) >= 11 is 5.73. The molecule has 1 aromatic carbocycles. The van der Waals surface area contributed by atoms with Crippen LogP contribution in [0.5, 0.6) is 0 Å². The average Bonchev–Trinajstić information content (AvgIpc) is 2.81. The molecule has 3 rings (SSSR count). The van der Waals surface area contributed by atoms with Crippen molar-refractivity contribution in [2.45, 2.75) is 6.92 Å². The summed E-state index contributed by atoms with van der Waals surface area (Å²) in [5, 5.41) is 0.379. The number of nitrogens with one attached hydrogen (secondary N) is 1. The summed E-state index contributed by atoms with van der Waals surface area (Å²) in [7, 11) is 0. The Morgan fingerprint density at radius 2 is 2.25 bits per heavy atom. The van der Waals surface area contributed by atoms with E-state index in [0.717, 1.165) is 22.4 Å². The molecule has 2 aromatic heterocycles. The molecular formula is C11H8ClN3O. The molecule has 0 saturated heterocycles. The van der Waals surface area contributed by atoms with Crippen molar-refractivity contribution >= 4 is 22.7 Å². The molecule has 0 fully saturated rings. The third-order valence-electron chi connectivity index (χ3n) is 2.35. The summed E-state index contributed by atoms with van der Waals surface area (Å²) in [6.07, 6.45) is 1.69. The molecule has 0 bridgehead atoms. The summed E-state index contributed by atoms with van der Waals surface area (Å²) in [6.45, 7) is 1.83. The minimum Gasteiger partial charge on any atom is -0.441 e. The third kappa shape index (κ3) is 1.47. The van der Waals surface area contributed by atoms with E-state index in [9.17, 15) is 0 Å². The number of H-pyrrole nitrogens is 1. The SMILES string of the molecule is Cc1nc2ccc(-c3cnc(Cl)[nH]3)cc2o1. The highest BCUT2D eigenvalue weighted by molar-refractivity contribution is 6.28. The van der Waals surface area contributed by atoms with Crippen LogP contribution in [0.15, 0.2) is 28.8 Å². The molecule has 0 aliphatic rings. The number of fused-ring (bicyclic) bond motifs is 1. The third-order valence-corrected chi connectivity index (χ3v) is 2.54. The molecule has 16 heavy (non-hydrogen) atoms. The van der Waals surface area contributed by atoms with Gasteiger partial charge in [-0.05, 0) is 23.7 Å². The Bertz CT molecular complexity index is 656. The second-order valence-electron chi connectivity index (χ2n) is 3.50. The van der Waals surface area contributed by atoms with E-state index in [1.165, 1.54) is 0 Å². The highest BCUT2D eigenvalue weighted by atomic mass is 35.5. The zero-order valence-corrected chi connectivity index (χ0v) is 9.25. The van der Waals surface area contributed by atoms with Gasteiger partial charge in [-0.1, -0.05) is 6.07 Å². The first-order valence-corrected chi connectivity index (χ1v) is 5.18. The molecule has 0 saturated carbocycles. The highest BCUT2D eigenvalue weighted by Gasteiger charge is 2.06. The Morgan fingerprint density at radius 3 is 3.00 bits per heavy atom. The molecule has 80 valence electrons. The Labute approximate surface area is 96.3 Å². The van der Waals surface area contributed by atoms with E-state index in [0.29, 0.717) is 11.2 Å². The summed E-state index contributed by atoms with van der Waals surface area (Å²) in [5.74, 6) is 0.662. The van der Waals surface area contributed by atoms with Crippen molar-refractivity contribution < 1.29 is 4.42 Å². The number of aryl methyl sites for hydroxylation is 1. The summed E-state index contributed by atoms with van der Waals surface area (Å²) in [6, 6.07) is 5.78. The van der Waals surface area contributed by atoms with Crippen LogP contribution in [0.25, 0.3) is 22.4 Å². The number of halogens is 1. The van der Waals surface area contributed by atoms with Crippen molar-refractivity contribution in [1.82, 2.24) is 15.0 Å². The predicted molar refractivity (Wildman–Crippen MR) is 61.3 cm³/mol. The number of benzene rings is 1. The number of imidazole rings is 1. The topological polar surface area (TPSA) is 54.7 Å². The van der Waals surface area contributed by atoms with Crippen LogP contribution in [0, 0.1) is 6.92 Å². The molecule has 0 amide bonds. The lowest BCUT2D eigenvalue weighted by atomic mass is 10.1. The normalized spacial score (nSPS) is 11.1. The first kappa shape index (κ1) is 9.42. The van der Waals surface area contributed by atoms with Crippen molar-refractivity contribution in [3.8, 4) is 11.3 Å². The van der Waals surface area contributed by atoms with Crippen LogP contribution >= 0.6 is 11.6 Å². The quantitative estimate of drug-likeness (QED) is 0.702. The molecular weight excluding hydrogens is 226 g/mol. The van der Waals surface area contributed by atoms with E-state index in [-0.39, 0.29) is 0 Å². The van der Waals surface area contributed by atoms with E-state index >= 15 is 0 Å². The van der Waals surface area contributed by atoms with Crippen LogP contribution in [-0.2, 0) is 0 Å². The number of nitrogens with zero attached hydrogens (tertiary/aromatic N) is 2. The lowest BCUT2D eigenvalue weighted by Gasteiger charge is -1.95. The summed E-state index contributed by atoms with van der Waals surface area (Å²) in [5.41, 5.74) is 3.46. The fourth-order valence-electron chi connectivity index (χ4n) is 1.65. The fourth-order valence-corrected chi connectivity index (χ4v) is 1.80. The number of oxazole rings is 1. The fraction of sp³-hybridized carbons (Fsp3) is 0.0909. The first-order chi connectivity index (χ1) is 7.72. The zero-order chi connectivity index (χ0) is 11.1. The van der Waals surface area contributed by atoms with Gasteiger partial charge in [-0.2, -0.15) is 0 Å². The zero-order valence-electron chi connectivity index (χ0n) is 8.49. The Morgan fingerprint density at radius 1 is 1.38 bits per heavy atom. The molecule has 3 aromatic rings. The molecule has 5 heteroatoms. The largest absolute Gasteiger partial charge is 0.441 e. The van der Waals surface area contributed by atoms with Gasteiger partial charge in [-0.3, -0.25) is 0 Å². The molecule has 1 N–H and O–H groups in total. The average molecular weight is 234 g/mol. The van der Waals surface area contributed by atoms with Gasteiger partial charge in [-0.15, -0.1) is 0 Å². The Hall–Kier alpha value is -1.81. The monoisotopic (exact) mass is 233 g/mol. The van der Waals surface area contributed by atoms with E-state index in [2.05, 4.69) is 15.0 Å². The van der Waals surface area contributed by atoms with Crippen LogP contribution < -0.4 is 0 Å². The minimum atomic E-state index is 0.379. The van der Waals surface area contributed by atoms with Crippen LogP contribution in [0.2, 0.25) is 5.28 Å². The molecule has 2 heterocycles. The second kappa shape index (κ2) is 3.35. The molecule has 0 aliphatic heterocycles. The summed E-state index contributed by atoms with van der Waals surface area (Å²) in [4.78, 5) is 11.1. The number of hydrogen-bond donors (Lipinski definition) is 1. The maximum absolute atomic E-state index is 5.73. The maximum Gasteiger partial charge on any atom is 0.200 e. The smallest absolute Gasteiger partial charge is 0.200 e. The molecule has 0 radical (unpaired) electrons. The van der Waals surface area contributed by atoms with Gasteiger partial charge in [0.15, 0.2) is 16.8 Å². The van der Waals surface area contributed by atoms with Crippen LogP contribution in [0.3, 0.4) is 0 Å². The van der Waals surface area contributed by atoms with Crippen molar-refractivity contribution in [3.05, 3.63) is 35.6 Å². The van der Waals surface area contributed by atoms with Crippen LogP contribution in [-0.4, -0.2) is 15.0 Å². The molecule has 4 nitrogen and oxygen atoms in total. The molecule has 0 spiro atoms. The predicted octanol–water partition coefficient (Wildman–Crippen LogP) is 3.18. The number of aromatic nitrogens is 3. The van der Waals surface area contributed by atoms with Gasteiger partial charge in [0.25, 0.3) is 0 Å². The van der Waals surface area contributed by atoms with Crippen LogP contribution in [0.4, 0.5) is 0 Å². The van der Waals surface area contributed by atoms with Gasteiger partial charge in [0.2, 0.25) is 0 Å². The van der Waals surface area contributed by atoms with E-state index in [4.69, 9.17) is 16.0 Å². The van der Waals surface area contributed by atoms with Gasteiger partial charge in [0.05, 0.1) is 11.9 Å². The standard InChI is InChI=1S/C11H8ClN3O/c1-6-14-8-3-2-7(4-10(8)16-6)9-5-13-11(12)15-9/h2-5H,1H3,(H,13,15). The van der Waals surface area contributed by atoms with Crippen molar-refractivity contribution in [2.24, 2.45) is 0 Å². The van der Waals surface area contributed by atoms with E-state index < -0.39 is 0 Å². The minimum absolute atomic E-state index is 0.379. The second-order valence-corrected chi connectivity index (χ2v) is 3.86. The first-order valence-electron chi connectivity index (χ1n) is 4.80. The van der Waals surface area contributed by atoms with Gasteiger partial charge in [0.1, 0.15) is 5.52 Å². The van der Waals surface area contributed by atoms with Gasteiger partial charge < -0.3 is 9.40 Å². The Balaban J connectivity index is 2.17. The van der Waals surface area contributed by atoms with Crippen LogP contribution in [0.1, 0.15) is 5.89 Å². The lowest BCUT2D eigenvalue weighted by molar-refractivity contribution is 0.561. The highest BCUT2D eigenvalue weighted by Crippen LogP contribution is 2.24. The molecule has 0 atom stereocenters. The van der Waals surface area contributed by atoms with Gasteiger partial charge >= 0.3 is 0 Å². The number of aromatic amines is 1. The van der Waals surface area contributed by atoms with Crippen molar-refractivity contribution in [2.75, 3.05) is 0 Å². The van der Waals surface area contributed by atoms with E-state index in [1.54, 1.807) is 6.20 Å².